The van der Waals surface area contributed by atoms with Gasteiger partial charge in [0.05, 0.1) is 20.3 Å². The van der Waals surface area contributed by atoms with E-state index in [0.29, 0.717) is 18.8 Å². The number of nitrogens with one attached hydrogen (secondary N) is 1. The summed E-state index contributed by atoms with van der Waals surface area (Å²) in [4.78, 5) is 0. The zero-order valence-electron chi connectivity index (χ0n) is 11.4. The molecular formula is C16H18N2O2. The fourth-order valence-electron chi connectivity index (χ4n) is 1.93. The van der Waals surface area contributed by atoms with Crippen LogP contribution in [0.2, 0.25) is 0 Å². The van der Waals surface area contributed by atoms with Crippen LogP contribution in [0.5, 0.6) is 5.75 Å². The summed E-state index contributed by atoms with van der Waals surface area (Å²) in [5, 5.41) is 7.42. The van der Waals surface area contributed by atoms with E-state index in [-0.39, 0.29) is 5.84 Å². The lowest BCUT2D eigenvalue weighted by molar-refractivity contribution is 0.105. The van der Waals surface area contributed by atoms with Crippen LogP contribution < -0.4 is 10.5 Å². The Bertz CT molecular complexity index is 597. The molecule has 2 aromatic rings. The Balaban J connectivity index is 1.96. The third kappa shape index (κ3) is 3.59. The summed E-state index contributed by atoms with van der Waals surface area (Å²) in [6.45, 7) is 0.952. The van der Waals surface area contributed by atoms with Crippen LogP contribution in [-0.2, 0) is 18.0 Å². The van der Waals surface area contributed by atoms with Gasteiger partial charge in [-0.15, -0.1) is 0 Å². The normalized spacial score (nSPS) is 10.2. The maximum Gasteiger partial charge on any atom is 0.124 e. The summed E-state index contributed by atoms with van der Waals surface area (Å²) in [7, 11) is 1.65. The van der Waals surface area contributed by atoms with Crippen LogP contribution in [0.1, 0.15) is 16.7 Å². The molecule has 0 unspecified atom stereocenters. The third-order valence-corrected chi connectivity index (χ3v) is 2.96. The van der Waals surface area contributed by atoms with Crippen LogP contribution in [0.4, 0.5) is 0 Å². The second-order valence-corrected chi connectivity index (χ2v) is 4.42. The maximum absolute atomic E-state index is 7.42. The summed E-state index contributed by atoms with van der Waals surface area (Å²) in [6.07, 6.45) is 0. The number of ether oxygens (including phenoxy) is 2. The summed E-state index contributed by atoms with van der Waals surface area (Å²) in [5.74, 6) is 0.890. The van der Waals surface area contributed by atoms with Crippen molar-refractivity contribution in [2.75, 3.05) is 7.11 Å². The van der Waals surface area contributed by atoms with Crippen molar-refractivity contribution in [1.29, 1.82) is 5.41 Å². The van der Waals surface area contributed by atoms with E-state index in [0.717, 1.165) is 16.9 Å². The van der Waals surface area contributed by atoms with E-state index in [1.807, 2.05) is 48.5 Å². The zero-order chi connectivity index (χ0) is 14.4. The number of methoxy groups -OCH3 is 1. The largest absolute Gasteiger partial charge is 0.496 e. The van der Waals surface area contributed by atoms with Crippen molar-refractivity contribution in [3.05, 3.63) is 65.2 Å². The smallest absolute Gasteiger partial charge is 0.124 e. The quantitative estimate of drug-likeness (QED) is 0.626. The van der Waals surface area contributed by atoms with Gasteiger partial charge in [0.15, 0.2) is 0 Å². The molecule has 4 nitrogen and oxygen atoms in total. The molecule has 0 amide bonds. The van der Waals surface area contributed by atoms with E-state index in [1.165, 1.54) is 0 Å². The molecule has 20 heavy (non-hydrogen) atoms. The highest BCUT2D eigenvalue weighted by Crippen LogP contribution is 2.18. The van der Waals surface area contributed by atoms with Crippen LogP contribution in [0, 0.1) is 5.41 Å². The third-order valence-electron chi connectivity index (χ3n) is 2.96. The molecule has 2 aromatic carbocycles. The minimum atomic E-state index is 0.0663. The second-order valence-electron chi connectivity index (χ2n) is 4.42. The van der Waals surface area contributed by atoms with E-state index in [4.69, 9.17) is 20.6 Å². The van der Waals surface area contributed by atoms with Crippen LogP contribution in [-0.4, -0.2) is 12.9 Å². The molecule has 0 aliphatic heterocycles. The summed E-state index contributed by atoms with van der Waals surface area (Å²) in [5.41, 5.74) is 8.18. The lowest BCUT2D eigenvalue weighted by Gasteiger charge is -2.09. The highest BCUT2D eigenvalue weighted by Gasteiger charge is 2.03. The predicted octanol–water partition coefficient (Wildman–Crippen LogP) is 2.70. The van der Waals surface area contributed by atoms with Crippen molar-refractivity contribution >= 4 is 5.84 Å². The molecule has 0 aromatic heterocycles. The molecule has 0 aliphatic rings. The Labute approximate surface area is 118 Å². The molecule has 4 heteroatoms. The zero-order valence-corrected chi connectivity index (χ0v) is 11.4. The number of rotatable bonds is 6. The summed E-state index contributed by atoms with van der Waals surface area (Å²) < 4.78 is 11.0. The molecule has 0 bridgehead atoms. The van der Waals surface area contributed by atoms with Crippen molar-refractivity contribution in [3.8, 4) is 5.75 Å². The van der Waals surface area contributed by atoms with Gasteiger partial charge in [0.1, 0.15) is 11.6 Å². The first-order valence-electron chi connectivity index (χ1n) is 6.33. The Morgan fingerprint density at radius 2 is 1.90 bits per heavy atom. The Hall–Kier alpha value is -2.33. The monoisotopic (exact) mass is 270 g/mol. The number of nitrogens with two attached hydrogens (primary N) is 1. The maximum atomic E-state index is 7.42. The number of benzene rings is 2. The molecule has 104 valence electrons. The van der Waals surface area contributed by atoms with Gasteiger partial charge in [0.2, 0.25) is 0 Å². The Morgan fingerprint density at radius 1 is 1.10 bits per heavy atom. The van der Waals surface area contributed by atoms with Gasteiger partial charge in [0, 0.05) is 11.1 Å². The highest BCUT2D eigenvalue weighted by molar-refractivity contribution is 5.95. The highest BCUT2D eigenvalue weighted by atomic mass is 16.5. The van der Waals surface area contributed by atoms with Gasteiger partial charge in [0.25, 0.3) is 0 Å². The van der Waals surface area contributed by atoms with E-state index in [2.05, 4.69) is 0 Å². The van der Waals surface area contributed by atoms with Gasteiger partial charge < -0.3 is 15.2 Å². The first-order valence-corrected chi connectivity index (χ1v) is 6.33. The molecule has 0 radical (unpaired) electrons. The molecule has 2 rings (SSSR count). The Kier molecular flexibility index (Phi) is 4.74. The number of nitrogen functional groups attached to an aromatic ring is 1. The van der Waals surface area contributed by atoms with Crippen molar-refractivity contribution in [3.63, 3.8) is 0 Å². The number of hydrogen-bond donors (Lipinski definition) is 2. The van der Waals surface area contributed by atoms with Gasteiger partial charge >= 0.3 is 0 Å². The number of amidine groups is 1. The minimum absolute atomic E-state index is 0.0663. The standard InChI is InChI=1S/C16H18N2O2/c1-19-15-8-3-2-6-14(15)11-20-10-12-5-4-7-13(9-12)16(17)18/h2-9H,10-11H2,1H3,(H3,17,18). The van der Waals surface area contributed by atoms with Gasteiger partial charge in [-0.2, -0.15) is 0 Å². The van der Waals surface area contributed by atoms with E-state index in [9.17, 15) is 0 Å². The molecular weight excluding hydrogens is 252 g/mol. The van der Waals surface area contributed by atoms with Crippen LogP contribution in [0.3, 0.4) is 0 Å². The lowest BCUT2D eigenvalue weighted by Crippen LogP contribution is -2.11. The molecule has 0 saturated carbocycles. The van der Waals surface area contributed by atoms with Crippen molar-refractivity contribution in [2.24, 2.45) is 5.73 Å². The molecule has 0 spiro atoms. The molecule has 0 saturated heterocycles. The van der Waals surface area contributed by atoms with Crippen LogP contribution >= 0.6 is 0 Å². The SMILES string of the molecule is COc1ccccc1COCc1cccc(C(=N)N)c1. The van der Waals surface area contributed by atoms with Gasteiger partial charge in [-0.05, 0) is 17.7 Å². The average molecular weight is 270 g/mol. The minimum Gasteiger partial charge on any atom is -0.496 e. The van der Waals surface area contributed by atoms with E-state index in [1.54, 1.807) is 7.11 Å². The van der Waals surface area contributed by atoms with Crippen LogP contribution in [0.15, 0.2) is 48.5 Å². The van der Waals surface area contributed by atoms with Gasteiger partial charge in [-0.1, -0.05) is 36.4 Å². The summed E-state index contributed by atoms with van der Waals surface area (Å²) in [6, 6.07) is 15.3. The van der Waals surface area contributed by atoms with E-state index < -0.39 is 0 Å². The van der Waals surface area contributed by atoms with Crippen molar-refractivity contribution < 1.29 is 9.47 Å². The first-order chi connectivity index (χ1) is 9.70. The molecule has 3 N–H and O–H groups in total. The van der Waals surface area contributed by atoms with Gasteiger partial charge in [-0.25, -0.2) is 0 Å². The fourth-order valence-corrected chi connectivity index (χ4v) is 1.93. The average Bonchev–Trinajstić information content (AvgIpc) is 2.48. The first kappa shape index (κ1) is 14.1. The molecule has 0 fully saturated rings. The van der Waals surface area contributed by atoms with Crippen LogP contribution in [0.25, 0.3) is 0 Å². The molecule has 0 aliphatic carbocycles. The second kappa shape index (κ2) is 6.73. The van der Waals surface area contributed by atoms with Crippen molar-refractivity contribution in [2.45, 2.75) is 13.2 Å². The van der Waals surface area contributed by atoms with E-state index >= 15 is 0 Å². The molecule has 0 atom stereocenters. The summed E-state index contributed by atoms with van der Waals surface area (Å²) >= 11 is 0. The topological polar surface area (TPSA) is 68.3 Å². The Morgan fingerprint density at radius 3 is 2.65 bits per heavy atom. The molecule has 0 heterocycles. The lowest BCUT2D eigenvalue weighted by atomic mass is 10.1. The number of hydrogen-bond acceptors (Lipinski definition) is 3. The predicted molar refractivity (Wildman–Crippen MR) is 78.9 cm³/mol. The number of para-hydroxylation sites is 1. The van der Waals surface area contributed by atoms with Gasteiger partial charge in [-0.3, -0.25) is 5.41 Å². The van der Waals surface area contributed by atoms with Crippen molar-refractivity contribution in [1.82, 2.24) is 0 Å². The fraction of sp³-hybridized carbons (Fsp3) is 0.188.